The Hall–Kier alpha value is -3.63. The van der Waals surface area contributed by atoms with Gasteiger partial charge >= 0.3 is 0 Å². The molecule has 0 saturated heterocycles. The number of anilines is 2. The molecule has 1 aromatic heterocycles. The lowest BCUT2D eigenvalue weighted by Crippen LogP contribution is -2.34. The number of hydrogen-bond donors (Lipinski definition) is 3. The molecule has 1 unspecified atom stereocenters. The number of furan rings is 1. The molecular weight excluding hydrogens is 422 g/mol. The normalized spacial score (nSPS) is 15.5. The van der Waals surface area contributed by atoms with E-state index in [-0.39, 0.29) is 22.9 Å². The third-order valence-corrected chi connectivity index (χ3v) is 6.03. The van der Waals surface area contributed by atoms with Crippen LogP contribution >= 0.6 is 0 Å². The van der Waals surface area contributed by atoms with E-state index < -0.39 is 22.0 Å². The highest BCUT2D eigenvalue weighted by Crippen LogP contribution is 2.32. The van der Waals surface area contributed by atoms with Crippen molar-refractivity contribution in [2.75, 3.05) is 10.6 Å². The number of carbonyl (C=O) groups excluding carboxylic acids is 2. The van der Waals surface area contributed by atoms with Crippen molar-refractivity contribution >= 4 is 33.2 Å². The molecule has 2 aromatic carbocycles. The number of sulfonamides is 1. The van der Waals surface area contributed by atoms with Crippen LogP contribution in [0.1, 0.15) is 23.0 Å². The number of hydrogen-bond acceptors (Lipinski definition) is 6. The number of carbonyl (C=O) groups is 2. The summed E-state index contributed by atoms with van der Waals surface area (Å²) in [6, 6.07) is 13.8. The number of amides is 2. The third-order valence-electron chi connectivity index (χ3n) is 4.61. The van der Waals surface area contributed by atoms with Crippen molar-refractivity contribution in [1.29, 1.82) is 0 Å². The van der Waals surface area contributed by atoms with Crippen molar-refractivity contribution in [2.45, 2.75) is 24.5 Å². The van der Waals surface area contributed by atoms with Gasteiger partial charge in [-0.1, -0.05) is 0 Å². The highest BCUT2D eigenvalue weighted by molar-refractivity contribution is 7.89. The monoisotopic (exact) mass is 441 g/mol. The Morgan fingerprint density at radius 3 is 2.61 bits per heavy atom. The Morgan fingerprint density at radius 2 is 1.90 bits per heavy atom. The molecule has 1 atom stereocenters. The average molecular weight is 441 g/mol. The SMILES string of the molecule is CC1Oc2ccc(NC(=O)c3ccc(S(=O)(=O)NCc4ccco4)cc3)cc2NC1=O. The molecule has 1 aliphatic rings. The van der Waals surface area contributed by atoms with Crippen LogP contribution in [0.15, 0.2) is 70.2 Å². The van der Waals surface area contributed by atoms with Gasteiger partial charge in [-0.05, 0) is 61.5 Å². The topological polar surface area (TPSA) is 127 Å². The number of rotatable bonds is 6. The molecule has 31 heavy (non-hydrogen) atoms. The summed E-state index contributed by atoms with van der Waals surface area (Å²) < 4.78 is 37.8. The van der Waals surface area contributed by atoms with Crippen LogP contribution in [0.4, 0.5) is 11.4 Å². The number of fused-ring (bicyclic) bond motifs is 1. The lowest BCUT2D eigenvalue weighted by Gasteiger charge is -2.23. The Bertz CT molecular complexity index is 1220. The van der Waals surface area contributed by atoms with E-state index in [0.717, 1.165) is 0 Å². The van der Waals surface area contributed by atoms with Crippen LogP contribution in [0.2, 0.25) is 0 Å². The summed E-state index contributed by atoms with van der Waals surface area (Å²) in [6.45, 7) is 1.67. The maximum absolute atomic E-state index is 12.5. The summed E-state index contributed by atoms with van der Waals surface area (Å²) in [5, 5.41) is 5.43. The van der Waals surface area contributed by atoms with Crippen LogP contribution in [0, 0.1) is 0 Å². The van der Waals surface area contributed by atoms with Crippen molar-refractivity contribution in [3.05, 3.63) is 72.2 Å². The van der Waals surface area contributed by atoms with Crippen LogP contribution in [0.3, 0.4) is 0 Å². The second-order valence-electron chi connectivity index (χ2n) is 6.84. The van der Waals surface area contributed by atoms with E-state index >= 15 is 0 Å². The maximum atomic E-state index is 12.5. The number of nitrogens with one attached hydrogen (secondary N) is 3. The molecule has 2 amide bonds. The van der Waals surface area contributed by atoms with Gasteiger partial charge in [-0.15, -0.1) is 0 Å². The lowest BCUT2D eigenvalue weighted by atomic mass is 10.2. The molecule has 0 fully saturated rings. The van der Waals surface area contributed by atoms with E-state index in [4.69, 9.17) is 9.15 Å². The summed E-state index contributed by atoms with van der Waals surface area (Å²) in [6.07, 6.45) is 0.873. The van der Waals surface area contributed by atoms with Crippen LogP contribution in [-0.2, 0) is 21.4 Å². The van der Waals surface area contributed by atoms with E-state index in [2.05, 4.69) is 15.4 Å². The molecular formula is C21H19N3O6S. The quantitative estimate of drug-likeness (QED) is 0.540. The minimum absolute atomic E-state index is 0.0227. The molecule has 10 heteroatoms. The van der Waals surface area contributed by atoms with Crippen molar-refractivity contribution in [3.63, 3.8) is 0 Å². The zero-order chi connectivity index (χ0) is 22.0. The van der Waals surface area contributed by atoms with Crippen molar-refractivity contribution in [3.8, 4) is 5.75 Å². The molecule has 3 N–H and O–H groups in total. The maximum Gasteiger partial charge on any atom is 0.265 e. The van der Waals surface area contributed by atoms with Gasteiger partial charge < -0.3 is 19.8 Å². The largest absolute Gasteiger partial charge is 0.479 e. The van der Waals surface area contributed by atoms with Gasteiger partial charge in [-0.3, -0.25) is 9.59 Å². The van der Waals surface area contributed by atoms with Gasteiger partial charge in [0.15, 0.2) is 6.10 Å². The predicted molar refractivity (Wildman–Crippen MR) is 112 cm³/mol. The van der Waals surface area contributed by atoms with E-state index in [9.17, 15) is 18.0 Å². The van der Waals surface area contributed by atoms with E-state index in [1.54, 1.807) is 37.3 Å². The molecule has 0 spiro atoms. The third kappa shape index (κ3) is 4.60. The van der Waals surface area contributed by atoms with Crippen LogP contribution in [0.5, 0.6) is 5.75 Å². The summed E-state index contributed by atoms with van der Waals surface area (Å²) in [5.41, 5.74) is 1.20. The first-order valence-corrected chi connectivity index (χ1v) is 10.9. The van der Waals surface area contributed by atoms with Gasteiger partial charge in [-0.2, -0.15) is 0 Å². The Kier molecular flexibility index (Phi) is 5.49. The van der Waals surface area contributed by atoms with Gasteiger partial charge in [0.2, 0.25) is 10.0 Å². The summed E-state index contributed by atoms with van der Waals surface area (Å²) in [4.78, 5) is 24.3. The minimum atomic E-state index is -3.75. The van der Waals surface area contributed by atoms with Crippen LogP contribution in [-0.4, -0.2) is 26.3 Å². The van der Waals surface area contributed by atoms with Crippen molar-refractivity contribution in [2.24, 2.45) is 0 Å². The van der Waals surface area contributed by atoms with Gasteiger partial charge in [0.25, 0.3) is 11.8 Å². The lowest BCUT2D eigenvalue weighted by molar-refractivity contribution is -0.122. The molecule has 4 rings (SSSR count). The smallest absolute Gasteiger partial charge is 0.265 e. The second kappa shape index (κ2) is 8.25. The zero-order valence-electron chi connectivity index (χ0n) is 16.4. The molecule has 0 saturated carbocycles. The number of benzene rings is 2. The molecule has 3 aromatic rings. The number of ether oxygens (including phenoxy) is 1. The minimum Gasteiger partial charge on any atom is -0.479 e. The molecule has 0 radical (unpaired) electrons. The molecule has 1 aliphatic heterocycles. The molecule has 0 bridgehead atoms. The molecule has 2 heterocycles. The fourth-order valence-electron chi connectivity index (χ4n) is 2.94. The van der Waals surface area contributed by atoms with E-state index in [1.807, 2.05) is 0 Å². The average Bonchev–Trinajstić information content (AvgIpc) is 3.27. The fourth-order valence-corrected chi connectivity index (χ4v) is 3.93. The Labute approximate surface area is 178 Å². The predicted octanol–water partition coefficient (Wildman–Crippen LogP) is 2.73. The highest BCUT2D eigenvalue weighted by Gasteiger charge is 2.23. The first kappa shape index (κ1) is 20.6. The second-order valence-corrected chi connectivity index (χ2v) is 8.61. The van der Waals surface area contributed by atoms with Crippen LogP contribution < -0.4 is 20.1 Å². The van der Waals surface area contributed by atoms with Gasteiger partial charge in [0.05, 0.1) is 23.4 Å². The van der Waals surface area contributed by atoms with Crippen LogP contribution in [0.25, 0.3) is 0 Å². The van der Waals surface area contributed by atoms with Crippen molar-refractivity contribution < 1.29 is 27.2 Å². The van der Waals surface area contributed by atoms with E-state index in [0.29, 0.717) is 22.9 Å². The molecule has 160 valence electrons. The zero-order valence-corrected chi connectivity index (χ0v) is 17.2. The van der Waals surface area contributed by atoms with Gasteiger partial charge in [0, 0.05) is 11.3 Å². The van der Waals surface area contributed by atoms with Gasteiger partial charge in [-0.25, -0.2) is 13.1 Å². The Morgan fingerprint density at radius 1 is 1.13 bits per heavy atom. The first-order chi connectivity index (χ1) is 14.8. The van der Waals surface area contributed by atoms with Crippen molar-refractivity contribution in [1.82, 2.24) is 4.72 Å². The summed E-state index contributed by atoms with van der Waals surface area (Å²) >= 11 is 0. The standard InChI is InChI=1S/C21H19N3O6S/c1-13-20(25)24-18-11-15(6-9-19(18)30-13)23-21(26)14-4-7-17(8-5-14)31(27,28)22-12-16-3-2-10-29-16/h2-11,13,22H,12H2,1H3,(H,23,26)(H,24,25). The molecule has 0 aliphatic carbocycles. The first-order valence-electron chi connectivity index (χ1n) is 9.37. The Balaban J connectivity index is 1.43. The molecule has 9 nitrogen and oxygen atoms in total. The van der Waals surface area contributed by atoms with E-state index in [1.165, 1.54) is 30.5 Å². The highest BCUT2D eigenvalue weighted by atomic mass is 32.2. The van der Waals surface area contributed by atoms with Gasteiger partial charge in [0.1, 0.15) is 11.5 Å². The fraction of sp³-hybridized carbons (Fsp3) is 0.143. The summed E-state index contributed by atoms with van der Waals surface area (Å²) in [5.74, 6) is 0.305. The summed E-state index contributed by atoms with van der Waals surface area (Å²) in [7, 11) is -3.75.